The Morgan fingerprint density at radius 2 is 2.08 bits per heavy atom. The number of hydrogen-bond acceptors (Lipinski definition) is 5. The molecule has 0 spiro atoms. The van der Waals surface area contributed by atoms with Crippen LogP contribution in [0.5, 0.6) is 11.5 Å². The number of carbonyl (C=O) groups excluding carboxylic acids is 2. The Kier molecular flexibility index (Phi) is 4.79. The SMILES string of the molecule is CCN(CC)C(=O)Oc1ccc2c(c1)O/C(=C\c1cccnc1)C2=O. The predicted molar refractivity (Wildman–Crippen MR) is 92.6 cm³/mol. The van der Waals surface area contributed by atoms with Gasteiger partial charge in [-0.05, 0) is 43.7 Å². The number of hydrogen-bond donors (Lipinski definition) is 0. The van der Waals surface area contributed by atoms with E-state index in [-0.39, 0.29) is 11.5 Å². The van der Waals surface area contributed by atoms with Crippen molar-refractivity contribution in [2.45, 2.75) is 13.8 Å². The molecule has 3 rings (SSSR count). The summed E-state index contributed by atoms with van der Waals surface area (Å²) < 4.78 is 11.0. The lowest BCUT2D eigenvalue weighted by Crippen LogP contribution is -2.33. The smallest absolute Gasteiger partial charge is 0.415 e. The zero-order valence-electron chi connectivity index (χ0n) is 14.1. The molecule has 2 aromatic rings. The highest BCUT2D eigenvalue weighted by atomic mass is 16.6. The summed E-state index contributed by atoms with van der Waals surface area (Å²) in [6.07, 6.45) is 4.51. The Labute approximate surface area is 145 Å². The fourth-order valence-corrected chi connectivity index (χ4v) is 2.49. The number of carbonyl (C=O) groups is 2. The number of aromatic nitrogens is 1. The second-order valence-electron chi connectivity index (χ2n) is 5.42. The lowest BCUT2D eigenvalue weighted by molar-refractivity contribution is 0.101. The third-order valence-corrected chi connectivity index (χ3v) is 3.85. The average Bonchev–Trinajstić information content (AvgIpc) is 2.92. The van der Waals surface area contributed by atoms with Gasteiger partial charge < -0.3 is 14.4 Å². The third kappa shape index (κ3) is 3.52. The summed E-state index contributed by atoms with van der Waals surface area (Å²) in [5, 5.41) is 0. The van der Waals surface area contributed by atoms with Crippen LogP contribution in [0.15, 0.2) is 48.5 Å². The summed E-state index contributed by atoms with van der Waals surface area (Å²) in [5.74, 6) is 0.728. The second-order valence-corrected chi connectivity index (χ2v) is 5.42. The molecular formula is C19H18N2O4. The highest BCUT2D eigenvalue weighted by Crippen LogP contribution is 2.35. The maximum atomic E-state index is 12.4. The molecule has 25 heavy (non-hydrogen) atoms. The van der Waals surface area contributed by atoms with Crippen molar-refractivity contribution < 1.29 is 19.1 Å². The van der Waals surface area contributed by atoms with Gasteiger partial charge in [0.25, 0.3) is 0 Å². The van der Waals surface area contributed by atoms with Crippen molar-refractivity contribution in [2.75, 3.05) is 13.1 Å². The number of fused-ring (bicyclic) bond motifs is 1. The van der Waals surface area contributed by atoms with Crippen LogP contribution in [0.25, 0.3) is 6.08 Å². The summed E-state index contributed by atoms with van der Waals surface area (Å²) in [7, 11) is 0. The molecule has 0 radical (unpaired) electrons. The van der Waals surface area contributed by atoms with Gasteiger partial charge in [-0.1, -0.05) is 6.07 Å². The molecule has 0 N–H and O–H groups in total. The summed E-state index contributed by atoms with van der Waals surface area (Å²) in [4.78, 5) is 30.0. The van der Waals surface area contributed by atoms with Gasteiger partial charge in [0.05, 0.1) is 5.56 Å². The fourth-order valence-electron chi connectivity index (χ4n) is 2.49. The van der Waals surface area contributed by atoms with Gasteiger partial charge in [-0.2, -0.15) is 0 Å². The molecule has 0 atom stereocenters. The molecule has 1 aromatic heterocycles. The summed E-state index contributed by atoms with van der Waals surface area (Å²) >= 11 is 0. The number of nitrogens with zero attached hydrogens (tertiary/aromatic N) is 2. The third-order valence-electron chi connectivity index (χ3n) is 3.85. The van der Waals surface area contributed by atoms with E-state index in [0.717, 1.165) is 5.56 Å². The van der Waals surface area contributed by atoms with Crippen LogP contribution >= 0.6 is 0 Å². The molecule has 0 saturated heterocycles. The molecule has 2 heterocycles. The number of ether oxygens (including phenoxy) is 2. The number of pyridine rings is 1. The molecule has 0 aliphatic carbocycles. The molecular weight excluding hydrogens is 320 g/mol. The zero-order valence-corrected chi connectivity index (χ0v) is 14.1. The van der Waals surface area contributed by atoms with E-state index in [0.29, 0.717) is 30.2 Å². The first-order valence-electron chi connectivity index (χ1n) is 8.07. The van der Waals surface area contributed by atoms with Crippen molar-refractivity contribution >= 4 is 18.0 Å². The predicted octanol–water partition coefficient (Wildman–Crippen LogP) is 3.54. The van der Waals surface area contributed by atoms with Crippen molar-refractivity contribution in [1.82, 2.24) is 9.88 Å². The summed E-state index contributed by atoms with van der Waals surface area (Å²) in [5.41, 5.74) is 1.21. The maximum Gasteiger partial charge on any atom is 0.415 e. The van der Waals surface area contributed by atoms with Gasteiger partial charge in [0.2, 0.25) is 5.78 Å². The lowest BCUT2D eigenvalue weighted by Gasteiger charge is -2.17. The Morgan fingerprint density at radius 3 is 2.76 bits per heavy atom. The second kappa shape index (κ2) is 7.17. The first kappa shape index (κ1) is 16.7. The fraction of sp³-hybridized carbons (Fsp3) is 0.211. The standard InChI is InChI=1S/C19H18N2O4/c1-3-21(4-2)19(23)24-14-7-8-15-16(11-14)25-17(18(15)22)10-13-6-5-9-20-12-13/h5-12H,3-4H2,1-2H3/b17-10-. The normalized spacial score (nSPS) is 14.2. The molecule has 0 unspecified atom stereocenters. The van der Waals surface area contributed by atoms with Crippen LogP contribution in [0, 0.1) is 0 Å². The molecule has 0 bridgehead atoms. The van der Waals surface area contributed by atoms with E-state index in [1.165, 1.54) is 0 Å². The molecule has 1 aliphatic rings. The Balaban J connectivity index is 1.80. The molecule has 6 heteroatoms. The van der Waals surface area contributed by atoms with E-state index in [1.54, 1.807) is 47.6 Å². The van der Waals surface area contributed by atoms with E-state index >= 15 is 0 Å². The molecule has 1 amide bonds. The molecule has 0 saturated carbocycles. The molecule has 1 aliphatic heterocycles. The van der Waals surface area contributed by atoms with E-state index in [1.807, 2.05) is 19.9 Å². The number of benzene rings is 1. The highest BCUT2D eigenvalue weighted by Gasteiger charge is 2.28. The van der Waals surface area contributed by atoms with Crippen molar-refractivity contribution in [1.29, 1.82) is 0 Å². The minimum absolute atomic E-state index is 0.208. The van der Waals surface area contributed by atoms with Crippen molar-refractivity contribution in [3.05, 3.63) is 59.6 Å². The van der Waals surface area contributed by atoms with Gasteiger partial charge in [-0.15, -0.1) is 0 Å². The van der Waals surface area contributed by atoms with Crippen LogP contribution in [0.2, 0.25) is 0 Å². The number of allylic oxidation sites excluding steroid dienone is 1. The lowest BCUT2D eigenvalue weighted by atomic mass is 10.1. The van der Waals surface area contributed by atoms with E-state index in [9.17, 15) is 9.59 Å². The maximum absolute atomic E-state index is 12.4. The van der Waals surface area contributed by atoms with Crippen LogP contribution in [0.4, 0.5) is 4.79 Å². The van der Waals surface area contributed by atoms with E-state index < -0.39 is 6.09 Å². The van der Waals surface area contributed by atoms with Crippen molar-refractivity contribution in [2.24, 2.45) is 0 Å². The zero-order chi connectivity index (χ0) is 17.8. The Bertz CT molecular complexity index is 827. The number of Topliss-reactive ketones (excluding diaryl/α,β-unsaturated/α-hetero) is 1. The topological polar surface area (TPSA) is 68.7 Å². The van der Waals surface area contributed by atoms with Crippen LogP contribution < -0.4 is 9.47 Å². The van der Waals surface area contributed by atoms with Crippen LogP contribution in [0.3, 0.4) is 0 Å². The van der Waals surface area contributed by atoms with Crippen LogP contribution in [0.1, 0.15) is 29.8 Å². The summed E-state index contributed by atoms with van der Waals surface area (Å²) in [6, 6.07) is 8.36. The first-order chi connectivity index (χ1) is 12.1. The Hall–Kier alpha value is -3.15. The largest absolute Gasteiger partial charge is 0.452 e. The van der Waals surface area contributed by atoms with E-state index in [2.05, 4.69) is 4.98 Å². The Morgan fingerprint density at radius 1 is 1.28 bits per heavy atom. The quantitative estimate of drug-likeness (QED) is 0.798. The van der Waals surface area contributed by atoms with Crippen LogP contribution in [-0.2, 0) is 0 Å². The van der Waals surface area contributed by atoms with Gasteiger partial charge in [0, 0.05) is 31.5 Å². The average molecular weight is 338 g/mol. The highest BCUT2D eigenvalue weighted by molar-refractivity contribution is 6.14. The molecule has 6 nitrogen and oxygen atoms in total. The van der Waals surface area contributed by atoms with Crippen molar-refractivity contribution in [3.8, 4) is 11.5 Å². The van der Waals surface area contributed by atoms with Gasteiger partial charge in [-0.3, -0.25) is 9.78 Å². The monoisotopic (exact) mass is 338 g/mol. The van der Waals surface area contributed by atoms with Crippen LogP contribution in [-0.4, -0.2) is 34.8 Å². The van der Waals surface area contributed by atoms with E-state index in [4.69, 9.17) is 9.47 Å². The molecule has 0 fully saturated rings. The van der Waals surface area contributed by atoms with Gasteiger partial charge in [0.1, 0.15) is 11.5 Å². The number of rotatable bonds is 4. The molecule has 1 aromatic carbocycles. The number of amides is 1. The molecule has 128 valence electrons. The first-order valence-corrected chi connectivity index (χ1v) is 8.07. The van der Waals surface area contributed by atoms with Gasteiger partial charge >= 0.3 is 6.09 Å². The van der Waals surface area contributed by atoms with Gasteiger partial charge in [-0.25, -0.2) is 4.79 Å². The summed E-state index contributed by atoms with van der Waals surface area (Å²) in [6.45, 7) is 4.88. The minimum Gasteiger partial charge on any atom is -0.452 e. The minimum atomic E-state index is -0.430. The number of ketones is 1. The van der Waals surface area contributed by atoms with Gasteiger partial charge in [0.15, 0.2) is 5.76 Å². The van der Waals surface area contributed by atoms with Crippen molar-refractivity contribution in [3.63, 3.8) is 0 Å².